The van der Waals surface area contributed by atoms with E-state index in [4.69, 9.17) is 0 Å². The SMILES string of the molecule is CS(=O)(=O)n1c2c(c3cc([N+](=O)[O-])ccc31)CNCC2. The van der Waals surface area contributed by atoms with E-state index in [1.165, 1.54) is 22.2 Å². The molecule has 0 fully saturated rings. The quantitative estimate of drug-likeness (QED) is 0.659. The minimum atomic E-state index is -3.44. The van der Waals surface area contributed by atoms with E-state index in [2.05, 4.69) is 5.32 Å². The van der Waals surface area contributed by atoms with E-state index in [9.17, 15) is 18.5 Å². The lowest BCUT2D eigenvalue weighted by Crippen LogP contribution is -2.26. The molecule has 0 aliphatic carbocycles. The molecule has 0 atom stereocenters. The fourth-order valence-corrected chi connectivity index (χ4v) is 3.85. The van der Waals surface area contributed by atoms with E-state index in [1.807, 2.05) is 0 Å². The Morgan fingerprint density at radius 2 is 2.15 bits per heavy atom. The molecule has 7 nitrogen and oxygen atoms in total. The van der Waals surface area contributed by atoms with Gasteiger partial charge >= 0.3 is 0 Å². The first-order chi connectivity index (χ1) is 9.39. The highest BCUT2D eigenvalue weighted by Crippen LogP contribution is 2.32. The second-order valence-electron chi connectivity index (χ2n) is 4.84. The van der Waals surface area contributed by atoms with Crippen LogP contribution >= 0.6 is 0 Å². The largest absolute Gasteiger partial charge is 0.312 e. The van der Waals surface area contributed by atoms with Crippen LogP contribution in [0.4, 0.5) is 5.69 Å². The van der Waals surface area contributed by atoms with Gasteiger partial charge < -0.3 is 5.32 Å². The number of hydrogen-bond acceptors (Lipinski definition) is 5. The minimum absolute atomic E-state index is 0.0310. The van der Waals surface area contributed by atoms with Crippen molar-refractivity contribution in [2.24, 2.45) is 0 Å². The number of nitro groups is 1. The topological polar surface area (TPSA) is 94.2 Å². The van der Waals surface area contributed by atoms with E-state index in [1.54, 1.807) is 0 Å². The standard InChI is InChI=1S/C12H13N3O4S/c1-20(18,19)14-11-3-2-8(15(16)17)6-9(11)10-7-13-5-4-12(10)14/h2-3,6,13H,4-5,7H2,1H3. The number of nitro benzene ring substituents is 1. The third-order valence-electron chi connectivity index (χ3n) is 3.50. The third-order valence-corrected chi connectivity index (χ3v) is 4.58. The molecular weight excluding hydrogens is 282 g/mol. The summed E-state index contributed by atoms with van der Waals surface area (Å²) in [5.41, 5.74) is 2.03. The van der Waals surface area contributed by atoms with Gasteiger partial charge in [0.25, 0.3) is 5.69 Å². The van der Waals surface area contributed by atoms with Crippen molar-refractivity contribution in [3.05, 3.63) is 39.6 Å². The van der Waals surface area contributed by atoms with Crippen LogP contribution in [0.25, 0.3) is 10.9 Å². The molecule has 0 radical (unpaired) electrons. The number of non-ortho nitro benzene ring substituents is 1. The summed E-state index contributed by atoms with van der Waals surface area (Å²) in [5.74, 6) is 0. The molecule has 0 amide bonds. The van der Waals surface area contributed by atoms with E-state index in [0.29, 0.717) is 30.4 Å². The van der Waals surface area contributed by atoms with Crippen LogP contribution in [0.15, 0.2) is 18.2 Å². The van der Waals surface area contributed by atoms with Gasteiger partial charge in [-0.15, -0.1) is 0 Å². The summed E-state index contributed by atoms with van der Waals surface area (Å²) in [6.07, 6.45) is 1.74. The normalized spacial score (nSPS) is 15.2. The van der Waals surface area contributed by atoms with Gasteiger partial charge in [0.15, 0.2) is 0 Å². The van der Waals surface area contributed by atoms with Crippen molar-refractivity contribution in [2.45, 2.75) is 13.0 Å². The maximum atomic E-state index is 12.0. The second-order valence-corrected chi connectivity index (χ2v) is 6.67. The average Bonchev–Trinajstić information content (AvgIpc) is 2.71. The molecule has 106 valence electrons. The second kappa shape index (κ2) is 4.29. The van der Waals surface area contributed by atoms with Crippen molar-refractivity contribution >= 4 is 26.6 Å². The smallest absolute Gasteiger partial charge is 0.270 e. The minimum Gasteiger partial charge on any atom is -0.312 e. The predicted octanol–water partition coefficient (Wildman–Crippen LogP) is 1.00. The van der Waals surface area contributed by atoms with Crippen molar-refractivity contribution in [2.75, 3.05) is 12.8 Å². The Kier molecular flexibility index (Phi) is 2.80. The van der Waals surface area contributed by atoms with Crippen LogP contribution in [0.5, 0.6) is 0 Å². The van der Waals surface area contributed by atoms with Gasteiger partial charge in [-0.1, -0.05) is 0 Å². The first-order valence-corrected chi connectivity index (χ1v) is 7.96. The summed E-state index contributed by atoms with van der Waals surface area (Å²) >= 11 is 0. The Morgan fingerprint density at radius 1 is 1.40 bits per heavy atom. The van der Waals surface area contributed by atoms with Crippen molar-refractivity contribution in [3.8, 4) is 0 Å². The van der Waals surface area contributed by atoms with Gasteiger partial charge in [-0.05, 0) is 11.6 Å². The zero-order chi connectivity index (χ0) is 14.5. The molecular formula is C12H13N3O4S. The zero-order valence-electron chi connectivity index (χ0n) is 10.8. The van der Waals surface area contributed by atoms with Crippen molar-refractivity contribution < 1.29 is 13.3 Å². The molecule has 1 aliphatic heterocycles. The molecule has 0 spiro atoms. The van der Waals surface area contributed by atoms with Crippen LogP contribution in [0, 0.1) is 10.1 Å². The number of aromatic nitrogens is 1. The number of fused-ring (bicyclic) bond motifs is 3. The molecule has 1 aromatic heterocycles. The van der Waals surface area contributed by atoms with Crippen LogP contribution in [0.3, 0.4) is 0 Å². The molecule has 0 saturated carbocycles. The summed E-state index contributed by atoms with van der Waals surface area (Å²) < 4.78 is 25.3. The van der Waals surface area contributed by atoms with Crippen LogP contribution in [-0.2, 0) is 23.0 Å². The first-order valence-electron chi connectivity index (χ1n) is 6.11. The summed E-state index contributed by atoms with van der Waals surface area (Å²) in [5, 5.41) is 14.7. The average molecular weight is 295 g/mol. The number of rotatable bonds is 2. The highest BCUT2D eigenvalue weighted by Gasteiger charge is 2.25. The van der Waals surface area contributed by atoms with E-state index in [-0.39, 0.29) is 5.69 Å². The lowest BCUT2D eigenvalue weighted by atomic mass is 10.1. The Morgan fingerprint density at radius 3 is 2.80 bits per heavy atom. The Balaban J connectivity index is 2.42. The summed E-state index contributed by atoms with van der Waals surface area (Å²) in [6, 6.07) is 4.29. The molecule has 0 saturated heterocycles. The van der Waals surface area contributed by atoms with Gasteiger partial charge in [0.1, 0.15) is 0 Å². The van der Waals surface area contributed by atoms with Gasteiger partial charge in [-0.25, -0.2) is 12.4 Å². The fourth-order valence-electron chi connectivity index (χ4n) is 2.73. The maximum Gasteiger partial charge on any atom is 0.270 e. The van der Waals surface area contributed by atoms with Crippen molar-refractivity contribution in [3.63, 3.8) is 0 Å². The Hall–Kier alpha value is -1.93. The fraction of sp³-hybridized carbons (Fsp3) is 0.333. The molecule has 1 aromatic carbocycles. The molecule has 3 rings (SSSR count). The third kappa shape index (κ3) is 1.88. The predicted molar refractivity (Wildman–Crippen MR) is 74.2 cm³/mol. The summed E-state index contributed by atoms with van der Waals surface area (Å²) in [4.78, 5) is 10.4. The van der Waals surface area contributed by atoms with Gasteiger partial charge in [-0.3, -0.25) is 10.1 Å². The van der Waals surface area contributed by atoms with Gasteiger partial charge in [0, 0.05) is 42.7 Å². The molecule has 1 N–H and O–H groups in total. The highest BCUT2D eigenvalue weighted by molar-refractivity contribution is 7.89. The van der Waals surface area contributed by atoms with Crippen LogP contribution in [0.1, 0.15) is 11.3 Å². The number of nitrogens with one attached hydrogen (secondary N) is 1. The Labute approximate surface area is 115 Å². The Bertz CT molecular complexity index is 823. The molecule has 0 bridgehead atoms. The van der Waals surface area contributed by atoms with E-state index >= 15 is 0 Å². The number of hydrogen-bond donors (Lipinski definition) is 1. The summed E-state index contributed by atoms with van der Waals surface area (Å²) in [7, 11) is -3.44. The lowest BCUT2D eigenvalue weighted by Gasteiger charge is -2.15. The van der Waals surface area contributed by atoms with E-state index in [0.717, 1.165) is 17.5 Å². The number of benzene rings is 1. The van der Waals surface area contributed by atoms with Gasteiger partial charge in [0.2, 0.25) is 10.0 Å². The van der Waals surface area contributed by atoms with Crippen molar-refractivity contribution in [1.29, 1.82) is 0 Å². The zero-order valence-corrected chi connectivity index (χ0v) is 11.6. The molecule has 2 heterocycles. The van der Waals surface area contributed by atoms with Crippen LogP contribution in [-0.4, -0.2) is 30.1 Å². The summed E-state index contributed by atoms with van der Waals surface area (Å²) in [6.45, 7) is 1.22. The first kappa shape index (κ1) is 13.1. The lowest BCUT2D eigenvalue weighted by molar-refractivity contribution is -0.384. The van der Waals surface area contributed by atoms with Gasteiger partial charge in [0.05, 0.1) is 16.7 Å². The van der Waals surface area contributed by atoms with E-state index < -0.39 is 14.9 Å². The highest BCUT2D eigenvalue weighted by atomic mass is 32.2. The monoisotopic (exact) mass is 295 g/mol. The van der Waals surface area contributed by atoms with Crippen LogP contribution in [0.2, 0.25) is 0 Å². The molecule has 20 heavy (non-hydrogen) atoms. The maximum absolute atomic E-state index is 12.0. The van der Waals surface area contributed by atoms with Crippen molar-refractivity contribution in [1.82, 2.24) is 9.29 Å². The molecule has 1 aliphatic rings. The van der Waals surface area contributed by atoms with Crippen LogP contribution < -0.4 is 5.32 Å². The molecule has 2 aromatic rings. The molecule has 8 heteroatoms. The molecule has 0 unspecified atom stereocenters. The number of nitrogens with zero attached hydrogens (tertiary/aromatic N) is 2. The van der Waals surface area contributed by atoms with Gasteiger partial charge in [-0.2, -0.15) is 0 Å².